The summed E-state index contributed by atoms with van der Waals surface area (Å²) in [6.07, 6.45) is 4.28. The van der Waals surface area contributed by atoms with Gasteiger partial charge in [0, 0.05) is 36.4 Å². The van der Waals surface area contributed by atoms with E-state index < -0.39 is 0 Å². The molecule has 1 unspecified atom stereocenters. The lowest BCUT2D eigenvalue weighted by Gasteiger charge is -2.43. The molecule has 2 fully saturated rings. The number of anilines is 2. The molecule has 5 rings (SSSR count). The Morgan fingerprint density at radius 3 is 2.79 bits per heavy atom. The fraction of sp³-hybridized carbons (Fsp3) is 0.500. The molecule has 2 aliphatic rings. The van der Waals surface area contributed by atoms with Gasteiger partial charge >= 0.3 is 0 Å². The van der Waals surface area contributed by atoms with Crippen LogP contribution < -0.4 is 15.1 Å². The SMILES string of the molecule is CCc1n[nH]c2ncnc(N3CCN(c4cccc(Cl)c4)C(C(=O)NC4CCN(C)CC4)C3)c12. The van der Waals surface area contributed by atoms with E-state index >= 15 is 0 Å². The van der Waals surface area contributed by atoms with E-state index in [4.69, 9.17) is 11.6 Å². The first-order chi connectivity index (χ1) is 16.5. The van der Waals surface area contributed by atoms with E-state index in [0.29, 0.717) is 18.1 Å². The Morgan fingerprint density at radius 2 is 2.03 bits per heavy atom. The normalized spacial score (nSPS) is 20.1. The first-order valence-electron chi connectivity index (χ1n) is 12.0. The van der Waals surface area contributed by atoms with Crippen molar-refractivity contribution in [2.24, 2.45) is 0 Å². The second kappa shape index (κ2) is 9.76. The molecule has 2 aliphatic heterocycles. The second-order valence-electron chi connectivity index (χ2n) is 9.17. The van der Waals surface area contributed by atoms with Crippen molar-refractivity contribution in [2.75, 3.05) is 49.6 Å². The number of likely N-dealkylation sites (tertiary alicyclic amines) is 1. The fourth-order valence-corrected chi connectivity index (χ4v) is 5.20. The molecule has 9 nitrogen and oxygen atoms in total. The molecule has 180 valence electrons. The minimum Gasteiger partial charge on any atom is -0.356 e. The lowest BCUT2D eigenvalue weighted by Crippen LogP contribution is -2.61. The van der Waals surface area contributed by atoms with Gasteiger partial charge in [-0.15, -0.1) is 0 Å². The number of carbonyl (C=O) groups excluding carboxylic acids is 1. The van der Waals surface area contributed by atoms with Crippen LogP contribution in [-0.4, -0.2) is 82.8 Å². The Morgan fingerprint density at radius 1 is 1.21 bits per heavy atom. The third-order valence-corrected chi connectivity index (χ3v) is 7.17. The number of hydrogen-bond acceptors (Lipinski definition) is 7. The Balaban J connectivity index is 1.44. The summed E-state index contributed by atoms with van der Waals surface area (Å²) in [5.74, 6) is 0.880. The van der Waals surface area contributed by atoms with Crippen LogP contribution in [0.15, 0.2) is 30.6 Å². The number of aryl methyl sites for hydroxylation is 1. The van der Waals surface area contributed by atoms with Crippen LogP contribution in [0.2, 0.25) is 5.02 Å². The summed E-state index contributed by atoms with van der Waals surface area (Å²) in [6, 6.07) is 7.58. The topological polar surface area (TPSA) is 93.3 Å². The van der Waals surface area contributed by atoms with Crippen molar-refractivity contribution in [1.29, 1.82) is 0 Å². The van der Waals surface area contributed by atoms with Gasteiger partial charge in [0.2, 0.25) is 5.91 Å². The molecule has 2 N–H and O–H groups in total. The average Bonchev–Trinajstić information content (AvgIpc) is 3.28. The number of carbonyl (C=O) groups is 1. The van der Waals surface area contributed by atoms with E-state index in [9.17, 15) is 4.79 Å². The van der Waals surface area contributed by atoms with Crippen LogP contribution in [-0.2, 0) is 11.2 Å². The minimum atomic E-state index is -0.367. The Bertz CT molecular complexity index is 1160. The zero-order valence-corrected chi connectivity index (χ0v) is 20.4. The van der Waals surface area contributed by atoms with E-state index in [1.165, 1.54) is 0 Å². The quantitative estimate of drug-likeness (QED) is 0.577. The van der Waals surface area contributed by atoms with Crippen molar-refractivity contribution >= 4 is 40.0 Å². The second-order valence-corrected chi connectivity index (χ2v) is 9.60. The zero-order valence-electron chi connectivity index (χ0n) is 19.7. The number of aromatic nitrogens is 4. The predicted molar refractivity (Wildman–Crippen MR) is 135 cm³/mol. The number of fused-ring (bicyclic) bond motifs is 1. The molecule has 3 aromatic rings. The molecule has 0 spiro atoms. The van der Waals surface area contributed by atoms with Crippen molar-refractivity contribution in [1.82, 2.24) is 30.4 Å². The van der Waals surface area contributed by atoms with Gasteiger partial charge in [-0.3, -0.25) is 9.89 Å². The Labute approximate surface area is 204 Å². The maximum atomic E-state index is 13.7. The standard InChI is InChI=1S/C24H31ClN8O/c1-3-19-21-22(30-29-19)26-15-27-23(21)32-11-12-33(18-6-4-5-16(25)13-18)20(14-32)24(34)28-17-7-9-31(2)10-8-17/h4-6,13,15,17,20H,3,7-12,14H2,1-2H3,(H,28,34)(H,26,27,29,30). The summed E-state index contributed by atoms with van der Waals surface area (Å²) in [6.45, 7) is 5.99. The first-order valence-corrected chi connectivity index (χ1v) is 12.3. The molecule has 2 saturated heterocycles. The highest BCUT2D eigenvalue weighted by atomic mass is 35.5. The van der Waals surface area contributed by atoms with Crippen LogP contribution in [0.3, 0.4) is 0 Å². The number of benzene rings is 1. The van der Waals surface area contributed by atoms with E-state index in [2.05, 4.69) is 54.2 Å². The smallest absolute Gasteiger partial charge is 0.244 e. The summed E-state index contributed by atoms with van der Waals surface area (Å²) >= 11 is 6.30. The number of halogens is 1. The molecule has 0 saturated carbocycles. The Hall–Kier alpha value is -2.91. The molecule has 0 radical (unpaired) electrons. The molecule has 1 aromatic carbocycles. The van der Waals surface area contributed by atoms with Crippen molar-refractivity contribution in [3.63, 3.8) is 0 Å². The first kappa shape index (κ1) is 22.9. The van der Waals surface area contributed by atoms with Gasteiger partial charge < -0.3 is 20.0 Å². The van der Waals surface area contributed by atoms with Gasteiger partial charge in [-0.2, -0.15) is 5.10 Å². The van der Waals surface area contributed by atoms with E-state index in [0.717, 1.165) is 67.1 Å². The van der Waals surface area contributed by atoms with Crippen molar-refractivity contribution < 1.29 is 4.79 Å². The van der Waals surface area contributed by atoms with Gasteiger partial charge in [-0.05, 0) is 57.6 Å². The van der Waals surface area contributed by atoms with Crippen LogP contribution in [0.25, 0.3) is 11.0 Å². The molecule has 10 heteroatoms. The molecular formula is C24H31ClN8O. The average molecular weight is 483 g/mol. The zero-order chi connectivity index (χ0) is 23.7. The van der Waals surface area contributed by atoms with E-state index in [-0.39, 0.29) is 18.0 Å². The number of piperazine rings is 1. The molecule has 4 heterocycles. The van der Waals surface area contributed by atoms with Crippen LogP contribution in [0.1, 0.15) is 25.5 Å². The summed E-state index contributed by atoms with van der Waals surface area (Å²) in [4.78, 5) is 29.3. The molecule has 2 aromatic heterocycles. The van der Waals surface area contributed by atoms with Gasteiger partial charge in [0.25, 0.3) is 0 Å². The predicted octanol–water partition coefficient (Wildman–Crippen LogP) is 2.47. The number of piperidine rings is 1. The van der Waals surface area contributed by atoms with Gasteiger partial charge in [0.15, 0.2) is 5.65 Å². The minimum absolute atomic E-state index is 0.0486. The summed E-state index contributed by atoms with van der Waals surface area (Å²) < 4.78 is 0. The highest BCUT2D eigenvalue weighted by molar-refractivity contribution is 6.30. The molecule has 0 bridgehead atoms. The van der Waals surface area contributed by atoms with Gasteiger partial charge in [0.05, 0.1) is 11.1 Å². The third-order valence-electron chi connectivity index (χ3n) is 6.93. The van der Waals surface area contributed by atoms with Crippen LogP contribution in [0, 0.1) is 0 Å². The molecule has 0 aliphatic carbocycles. The lowest BCUT2D eigenvalue weighted by molar-refractivity contribution is -0.123. The van der Waals surface area contributed by atoms with Crippen LogP contribution in [0.5, 0.6) is 0 Å². The summed E-state index contributed by atoms with van der Waals surface area (Å²) in [5, 5.41) is 12.4. The maximum Gasteiger partial charge on any atom is 0.244 e. The molecule has 1 amide bonds. The molecule has 34 heavy (non-hydrogen) atoms. The number of rotatable bonds is 5. The fourth-order valence-electron chi connectivity index (χ4n) is 5.01. The van der Waals surface area contributed by atoms with E-state index in [1.54, 1.807) is 6.33 Å². The number of amides is 1. The van der Waals surface area contributed by atoms with Gasteiger partial charge in [-0.25, -0.2) is 9.97 Å². The van der Waals surface area contributed by atoms with Crippen molar-refractivity contribution in [3.05, 3.63) is 41.3 Å². The van der Waals surface area contributed by atoms with Crippen LogP contribution >= 0.6 is 11.6 Å². The highest BCUT2D eigenvalue weighted by Gasteiger charge is 2.35. The number of aromatic amines is 1. The van der Waals surface area contributed by atoms with E-state index in [1.807, 2.05) is 24.3 Å². The third kappa shape index (κ3) is 4.54. The highest BCUT2D eigenvalue weighted by Crippen LogP contribution is 2.30. The largest absolute Gasteiger partial charge is 0.356 e. The van der Waals surface area contributed by atoms with Gasteiger partial charge in [-0.1, -0.05) is 24.6 Å². The molecular weight excluding hydrogens is 452 g/mol. The van der Waals surface area contributed by atoms with Crippen molar-refractivity contribution in [2.45, 2.75) is 38.3 Å². The monoisotopic (exact) mass is 482 g/mol. The van der Waals surface area contributed by atoms with Crippen LogP contribution in [0.4, 0.5) is 11.5 Å². The Kier molecular flexibility index (Phi) is 6.56. The van der Waals surface area contributed by atoms with Gasteiger partial charge in [0.1, 0.15) is 18.2 Å². The number of nitrogens with one attached hydrogen (secondary N) is 2. The maximum absolute atomic E-state index is 13.7. The number of nitrogens with zero attached hydrogens (tertiary/aromatic N) is 6. The number of H-pyrrole nitrogens is 1. The van der Waals surface area contributed by atoms with Crippen molar-refractivity contribution in [3.8, 4) is 0 Å². The number of hydrogen-bond donors (Lipinski definition) is 2. The lowest BCUT2D eigenvalue weighted by atomic mass is 10.0. The molecule has 1 atom stereocenters. The summed E-state index contributed by atoms with van der Waals surface area (Å²) in [5.41, 5.74) is 2.63. The summed E-state index contributed by atoms with van der Waals surface area (Å²) in [7, 11) is 2.13.